The van der Waals surface area contributed by atoms with E-state index in [1.807, 2.05) is 18.2 Å². The largest absolute Gasteiger partial charge is 0.488 e. The Balaban J connectivity index is 1.94. The van der Waals surface area contributed by atoms with E-state index in [1.54, 1.807) is 7.05 Å². The van der Waals surface area contributed by atoms with Crippen LogP contribution in [0.2, 0.25) is 0 Å². The number of guanidine groups is 1. The monoisotopic (exact) mass is 382 g/mol. The molecule has 28 heavy (non-hydrogen) atoms. The van der Waals surface area contributed by atoms with Gasteiger partial charge >= 0.3 is 0 Å². The minimum absolute atomic E-state index is 0.229. The third-order valence-electron chi connectivity index (χ3n) is 4.01. The van der Waals surface area contributed by atoms with Crippen molar-refractivity contribution >= 4 is 5.96 Å². The number of benzene rings is 2. The number of hydrogen-bond acceptors (Lipinski definition) is 3. The molecule has 0 bridgehead atoms. The van der Waals surface area contributed by atoms with Gasteiger partial charge in [0, 0.05) is 32.2 Å². The summed E-state index contributed by atoms with van der Waals surface area (Å²) in [6, 6.07) is 16.7. The summed E-state index contributed by atoms with van der Waals surface area (Å²) in [4.78, 5) is 6.51. The number of rotatable bonds is 7. The van der Waals surface area contributed by atoms with Gasteiger partial charge in [-0.25, -0.2) is 0 Å². The highest BCUT2D eigenvalue weighted by Crippen LogP contribution is 2.22. The Kier molecular flexibility index (Phi) is 7.88. The molecule has 0 unspecified atom stereocenters. The fourth-order valence-electron chi connectivity index (χ4n) is 2.87. The molecule has 0 fully saturated rings. The molecular formula is C23H34N4O. The summed E-state index contributed by atoms with van der Waals surface area (Å²) in [5.74, 6) is 1.66. The van der Waals surface area contributed by atoms with Crippen LogP contribution in [0.4, 0.5) is 0 Å². The first-order chi connectivity index (χ1) is 13.3. The van der Waals surface area contributed by atoms with Crippen molar-refractivity contribution in [1.82, 2.24) is 15.5 Å². The van der Waals surface area contributed by atoms with Crippen molar-refractivity contribution in [1.29, 1.82) is 0 Å². The first-order valence-corrected chi connectivity index (χ1v) is 9.71. The minimum Gasteiger partial charge on any atom is -0.488 e. The summed E-state index contributed by atoms with van der Waals surface area (Å²) in [6.45, 7) is 8.48. The summed E-state index contributed by atoms with van der Waals surface area (Å²) in [5, 5.41) is 6.77. The smallest absolute Gasteiger partial charge is 0.191 e. The molecule has 0 amide bonds. The number of nitrogens with one attached hydrogen (secondary N) is 2. The Bertz CT molecular complexity index is 778. The molecule has 0 spiro atoms. The third kappa shape index (κ3) is 7.61. The van der Waals surface area contributed by atoms with Crippen LogP contribution in [-0.2, 0) is 19.6 Å². The standard InChI is InChI=1S/C23H34N4O/c1-23(2,3)28-21-13-8-7-12-20(21)16-26-22(24-4)25-15-18-10-9-11-19(14-18)17-27(5)6/h7-14H,15-17H2,1-6H3,(H2,24,25,26). The molecule has 0 saturated carbocycles. The van der Waals surface area contributed by atoms with Gasteiger partial charge in [0.05, 0.1) is 0 Å². The summed E-state index contributed by atoms with van der Waals surface area (Å²) in [7, 11) is 5.95. The topological polar surface area (TPSA) is 48.9 Å². The molecule has 2 rings (SSSR count). The van der Waals surface area contributed by atoms with E-state index in [4.69, 9.17) is 4.74 Å². The normalized spacial score (nSPS) is 12.2. The van der Waals surface area contributed by atoms with Crippen LogP contribution in [-0.4, -0.2) is 37.6 Å². The Morgan fingerprint density at radius 1 is 0.964 bits per heavy atom. The van der Waals surface area contributed by atoms with Crippen LogP contribution in [0.5, 0.6) is 5.75 Å². The summed E-state index contributed by atoms with van der Waals surface area (Å²) in [6.07, 6.45) is 0. The van der Waals surface area contributed by atoms with Crippen molar-refractivity contribution in [3.8, 4) is 5.75 Å². The van der Waals surface area contributed by atoms with Crippen molar-refractivity contribution in [3.05, 3.63) is 65.2 Å². The molecule has 2 aromatic rings. The lowest BCUT2D eigenvalue weighted by molar-refractivity contribution is 0.129. The molecule has 2 N–H and O–H groups in total. The van der Waals surface area contributed by atoms with E-state index in [-0.39, 0.29) is 5.60 Å². The average Bonchev–Trinajstić information content (AvgIpc) is 2.61. The van der Waals surface area contributed by atoms with Gasteiger partial charge < -0.3 is 20.3 Å². The average molecular weight is 383 g/mol. The van der Waals surface area contributed by atoms with Crippen molar-refractivity contribution < 1.29 is 4.74 Å². The van der Waals surface area contributed by atoms with Crippen molar-refractivity contribution in [2.45, 2.75) is 46.0 Å². The van der Waals surface area contributed by atoms with Gasteiger partial charge in [-0.1, -0.05) is 42.5 Å². The fraction of sp³-hybridized carbons (Fsp3) is 0.435. The van der Waals surface area contributed by atoms with Crippen LogP contribution in [0.25, 0.3) is 0 Å². The van der Waals surface area contributed by atoms with Crippen LogP contribution < -0.4 is 15.4 Å². The van der Waals surface area contributed by atoms with E-state index in [1.165, 1.54) is 11.1 Å². The first kappa shape index (κ1) is 21.8. The Labute approximate surface area is 169 Å². The molecule has 0 saturated heterocycles. The molecule has 0 aliphatic rings. The van der Waals surface area contributed by atoms with Gasteiger partial charge in [-0.15, -0.1) is 0 Å². The van der Waals surface area contributed by atoms with Crippen molar-refractivity contribution in [2.75, 3.05) is 21.1 Å². The maximum absolute atomic E-state index is 6.07. The third-order valence-corrected chi connectivity index (χ3v) is 4.01. The van der Waals surface area contributed by atoms with Gasteiger partial charge in [-0.05, 0) is 52.1 Å². The lowest BCUT2D eigenvalue weighted by atomic mass is 10.1. The maximum Gasteiger partial charge on any atom is 0.191 e. The van der Waals surface area contributed by atoms with Crippen LogP contribution in [0.3, 0.4) is 0 Å². The zero-order chi connectivity index (χ0) is 20.6. The van der Waals surface area contributed by atoms with Gasteiger partial charge in [0.25, 0.3) is 0 Å². The highest BCUT2D eigenvalue weighted by Gasteiger charge is 2.14. The zero-order valence-corrected chi connectivity index (χ0v) is 18.0. The van der Waals surface area contributed by atoms with Gasteiger partial charge in [0.2, 0.25) is 0 Å². The first-order valence-electron chi connectivity index (χ1n) is 9.71. The molecule has 0 heterocycles. The fourth-order valence-corrected chi connectivity index (χ4v) is 2.87. The Morgan fingerprint density at radius 2 is 1.64 bits per heavy atom. The van der Waals surface area contributed by atoms with Gasteiger partial charge in [-0.3, -0.25) is 4.99 Å². The molecule has 0 atom stereocenters. The molecule has 5 nitrogen and oxygen atoms in total. The Morgan fingerprint density at radius 3 is 2.32 bits per heavy atom. The molecule has 0 radical (unpaired) electrons. The van der Waals surface area contributed by atoms with E-state index >= 15 is 0 Å². The lowest BCUT2D eigenvalue weighted by Gasteiger charge is -2.23. The van der Waals surface area contributed by atoms with Crippen LogP contribution in [0.1, 0.15) is 37.5 Å². The minimum atomic E-state index is -0.229. The maximum atomic E-state index is 6.07. The predicted molar refractivity (Wildman–Crippen MR) is 118 cm³/mol. The molecule has 5 heteroatoms. The van der Waals surface area contributed by atoms with Gasteiger partial charge in [0.15, 0.2) is 5.96 Å². The van der Waals surface area contributed by atoms with Crippen LogP contribution >= 0.6 is 0 Å². The van der Waals surface area contributed by atoms with Crippen molar-refractivity contribution in [2.24, 2.45) is 4.99 Å². The second-order valence-electron chi connectivity index (χ2n) is 8.16. The summed E-state index contributed by atoms with van der Waals surface area (Å²) < 4.78 is 6.07. The molecule has 152 valence electrons. The lowest BCUT2D eigenvalue weighted by Crippen LogP contribution is -2.36. The molecule has 0 aliphatic heterocycles. The zero-order valence-electron chi connectivity index (χ0n) is 18.0. The quantitative estimate of drug-likeness (QED) is 0.565. The number of aliphatic imine (C=N–C) groups is 1. The summed E-state index contributed by atoms with van der Waals surface area (Å²) in [5.41, 5.74) is 3.42. The number of ether oxygens (including phenoxy) is 1. The van der Waals surface area contributed by atoms with E-state index in [0.29, 0.717) is 6.54 Å². The molecular weight excluding hydrogens is 348 g/mol. The number of nitrogens with zero attached hydrogens (tertiary/aromatic N) is 2. The predicted octanol–water partition coefficient (Wildman–Crippen LogP) is 3.79. The second-order valence-corrected chi connectivity index (χ2v) is 8.16. The van der Waals surface area contributed by atoms with E-state index < -0.39 is 0 Å². The summed E-state index contributed by atoms with van der Waals surface area (Å²) >= 11 is 0. The van der Waals surface area contributed by atoms with Crippen LogP contribution in [0.15, 0.2) is 53.5 Å². The van der Waals surface area contributed by atoms with Gasteiger partial charge in [0.1, 0.15) is 11.4 Å². The highest BCUT2D eigenvalue weighted by atomic mass is 16.5. The highest BCUT2D eigenvalue weighted by molar-refractivity contribution is 5.79. The number of hydrogen-bond donors (Lipinski definition) is 2. The Hall–Kier alpha value is -2.53. The van der Waals surface area contributed by atoms with Gasteiger partial charge in [-0.2, -0.15) is 0 Å². The molecule has 0 aliphatic carbocycles. The van der Waals surface area contributed by atoms with Crippen molar-refractivity contribution in [3.63, 3.8) is 0 Å². The molecule has 2 aromatic carbocycles. The van der Waals surface area contributed by atoms with E-state index in [2.05, 4.69) is 85.7 Å². The van der Waals surface area contributed by atoms with Crippen LogP contribution in [0, 0.1) is 0 Å². The number of para-hydroxylation sites is 1. The molecule has 0 aromatic heterocycles. The van der Waals surface area contributed by atoms with E-state index in [0.717, 1.165) is 30.4 Å². The SMILES string of the molecule is CN=C(NCc1cccc(CN(C)C)c1)NCc1ccccc1OC(C)(C)C. The van der Waals surface area contributed by atoms with E-state index in [9.17, 15) is 0 Å². The second kappa shape index (κ2) is 10.1.